The molecule has 1 aromatic heterocycles. The third-order valence-corrected chi connectivity index (χ3v) is 2.25. The number of benzene rings is 1. The highest BCUT2D eigenvalue weighted by atomic mass is 35.5. The third kappa shape index (κ3) is 1.64. The van der Waals surface area contributed by atoms with E-state index in [1.54, 1.807) is 6.20 Å². The van der Waals surface area contributed by atoms with Crippen LogP contribution in [0.2, 0.25) is 5.02 Å². The summed E-state index contributed by atoms with van der Waals surface area (Å²) >= 11 is 5.86. The molecule has 4 heteroatoms. The Bertz CT molecular complexity index is 439. The molecule has 72 valence electrons. The first-order valence-corrected chi connectivity index (χ1v) is 4.58. The molecule has 0 unspecified atom stereocenters. The molecular formula is C10H9ClN2O. The van der Waals surface area contributed by atoms with Gasteiger partial charge in [-0.3, -0.25) is 5.10 Å². The molecule has 0 radical (unpaired) electrons. The molecule has 0 aliphatic carbocycles. The summed E-state index contributed by atoms with van der Waals surface area (Å²) in [5, 5.41) is 16.3. The molecule has 0 aliphatic heterocycles. The number of hydrogen-bond donors (Lipinski definition) is 2. The van der Waals surface area contributed by atoms with Crippen molar-refractivity contribution in [2.45, 2.75) is 6.61 Å². The summed E-state index contributed by atoms with van der Waals surface area (Å²) < 4.78 is 0. The Hall–Kier alpha value is -1.32. The number of halogens is 1. The number of nitrogens with one attached hydrogen (secondary N) is 1. The summed E-state index contributed by atoms with van der Waals surface area (Å²) in [6, 6.07) is 7.44. The Morgan fingerprint density at radius 2 is 2.29 bits per heavy atom. The van der Waals surface area contributed by atoms with Crippen LogP contribution in [0, 0.1) is 0 Å². The lowest BCUT2D eigenvalue weighted by Gasteiger charge is -2.00. The predicted molar refractivity (Wildman–Crippen MR) is 55.0 cm³/mol. The highest BCUT2D eigenvalue weighted by Gasteiger charge is 2.06. The zero-order valence-electron chi connectivity index (χ0n) is 7.37. The number of aliphatic hydroxyl groups is 1. The zero-order valence-corrected chi connectivity index (χ0v) is 8.12. The molecule has 1 heterocycles. The first-order chi connectivity index (χ1) is 6.81. The molecule has 3 nitrogen and oxygen atoms in total. The number of hydrogen-bond acceptors (Lipinski definition) is 2. The van der Waals surface area contributed by atoms with Gasteiger partial charge in [-0.05, 0) is 17.7 Å². The standard InChI is InChI=1S/C10H9ClN2O/c11-8-3-1-2-7(4-8)9-5-12-13-10(9)6-14/h1-5,14H,6H2,(H,12,13). The first-order valence-electron chi connectivity index (χ1n) is 4.20. The van der Waals surface area contributed by atoms with Crippen LogP contribution in [0.5, 0.6) is 0 Å². The SMILES string of the molecule is OCc1[nH]ncc1-c1cccc(Cl)c1. The van der Waals surface area contributed by atoms with Gasteiger partial charge in [0.15, 0.2) is 0 Å². The summed E-state index contributed by atoms with van der Waals surface area (Å²) in [6.07, 6.45) is 1.68. The lowest BCUT2D eigenvalue weighted by atomic mass is 10.1. The maximum atomic E-state index is 9.03. The van der Waals surface area contributed by atoms with Gasteiger partial charge in [-0.2, -0.15) is 5.10 Å². The quantitative estimate of drug-likeness (QED) is 0.795. The minimum atomic E-state index is -0.0537. The summed E-state index contributed by atoms with van der Waals surface area (Å²) in [5.41, 5.74) is 2.54. The second-order valence-electron chi connectivity index (χ2n) is 2.93. The van der Waals surface area contributed by atoms with E-state index in [0.717, 1.165) is 11.1 Å². The van der Waals surface area contributed by atoms with E-state index >= 15 is 0 Å². The summed E-state index contributed by atoms with van der Waals surface area (Å²) in [4.78, 5) is 0. The van der Waals surface area contributed by atoms with E-state index in [0.29, 0.717) is 10.7 Å². The molecule has 0 saturated carbocycles. The molecule has 0 amide bonds. The minimum Gasteiger partial charge on any atom is -0.390 e. The van der Waals surface area contributed by atoms with Crippen LogP contribution in [0.25, 0.3) is 11.1 Å². The van der Waals surface area contributed by atoms with Crippen molar-refractivity contribution in [3.8, 4) is 11.1 Å². The molecule has 0 aliphatic rings. The lowest BCUT2D eigenvalue weighted by molar-refractivity contribution is 0.277. The zero-order chi connectivity index (χ0) is 9.97. The number of aromatic amines is 1. The minimum absolute atomic E-state index is 0.0537. The van der Waals surface area contributed by atoms with Crippen molar-refractivity contribution < 1.29 is 5.11 Å². The largest absolute Gasteiger partial charge is 0.390 e. The van der Waals surface area contributed by atoms with Crippen molar-refractivity contribution in [3.05, 3.63) is 41.2 Å². The van der Waals surface area contributed by atoms with Gasteiger partial charge in [0.25, 0.3) is 0 Å². The summed E-state index contributed by atoms with van der Waals surface area (Å²) in [7, 11) is 0. The molecule has 2 N–H and O–H groups in total. The van der Waals surface area contributed by atoms with Crippen molar-refractivity contribution in [3.63, 3.8) is 0 Å². The Balaban J connectivity index is 2.49. The van der Waals surface area contributed by atoms with Crippen molar-refractivity contribution >= 4 is 11.6 Å². The number of aliphatic hydroxyl groups excluding tert-OH is 1. The second-order valence-corrected chi connectivity index (χ2v) is 3.37. The Morgan fingerprint density at radius 1 is 1.43 bits per heavy atom. The smallest absolute Gasteiger partial charge is 0.0853 e. The van der Waals surface area contributed by atoms with Gasteiger partial charge in [0.2, 0.25) is 0 Å². The number of rotatable bonds is 2. The highest BCUT2D eigenvalue weighted by Crippen LogP contribution is 2.24. The van der Waals surface area contributed by atoms with E-state index < -0.39 is 0 Å². The fourth-order valence-electron chi connectivity index (χ4n) is 1.34. The van der Waals surface area contributed by atoms with Gasteiger partial charge in [-0.15, -0.1) is 0 Å². The van der Waals surface area contributed by atoms with Crippen molar-refractivity contribution in [1.82, 2.24) is 10.2 Å². The van der Waals surface area contributed by atoms with E-state index in [9.17, 15) is 0 Å². The molecule has 2 rings (SSSR count). The normalized spacial score (nSPS) is 10.4. The van der Waals surface area contributed by atoms with Gasteiger partial charge in [0, 0.05) is 10.6 Å². The van der Waals surface area contributed by atoms with E-state index in [1.165, 1.54) is 0 Å². The highest BCUT2D eigenvalue weighted by molar-refractivity contribution is 6.30. The Morgan fingerprint density at radius 3 is 3.00 bits per heavy atom. The third-order valence-electron chi connectivity index (χ3n) is 2.01. The molecule has 14 heavy (non-hydrogen) atoms. The molecule has 0 fully saturated rings. The van der Waals surface area contributed by atoms with Gasteiger partial charge < -0.3 is 5.11 Å². The number of aromatic nitrogens is 2. The number of H-pyrrole nitrogens is 1. The molecule has 2 aromatic rings. The number of nitrogens with zero attached hydrogens (tertiary/aromatic N) is 1. The summed E-state index contributed by atoms with van der Waals surface area (Å²) in [5.74, 6) is 0. The van der Waals surface area contributed by atoms with Crippen LogP contribution in [0.3, 0.4) is 0 Å². The van der Waals surface area contributed by atoms with Crippen molar-refractivity contribution in [1.29, 1.82) is 0 Å². The van der Waals surface area contributed by atoms with Gasteiger partial charge in [-0.1, -0.05) is 23.7 Å². The van der Waals surface area contributed by atoms with E-state index in [2.05, 4.69) is 10.2 Å². The van der Waals surface area contributed by atoms with Crippen LogP contribution in [-0.2, 0) is 6.61 Å². The molecular weight excluding hydrogens is 200 g/mol. The Kier molecular flexibility index (Phi) is 2.52. The van der Waals surface area contributed by atoms with Crippen LogP contribution >= 0.6 is 11.6 Å². The first kappa shape index (κ1) is 9.24. The molecule has 0 saturated heterocycles. The maximum Gasteiger partial charge on any atom is 0.0853 e. The van der Waals surface area contributed by atoms with Crippen LogP contribution in [0.4, 0.5) is 0 Å². The van der Waals surface area contributed by atoms with Crippen molar-refractivity contribution in [2.75, 3.05) is 0 Å². The van der Waals surface area contributed by atoms with Crippen LogP contribution in [0.15, 0.2) is 30.5 Å². The van der Waals surface area contributed by atoms with E-state index in [1.807, 2.05) is 24.3 Å². The molecule has 0 spiro atoms. The van der Waals surface area contributed by atoms with Crippen molar-refractivity contribution in [2.24, 2.45) is 0 Å². The summed E-state index contributed by atoms with van der Waals surface area (Å²) in [6.45, 7) is -0.0537. The van der Waals surface area contributed by atoms with Crippen LogP contribution in [0.1, 0.15) is 5.69 Å². The van der Waals surface area contributed by atoms with E-state index in [4.69, 9.17) is 16.7 Å². The average Bonchev–Trinajstić information content (AvgIpc) is 2.65. The maximum absolute atomic E-state index is 9.03. The fourth-order valence-corrected chi connectivity index (χ4v) is 1.53. The monoisotopic (exact) mass is 208 g/mol. The second kappa shape index (κ2) is 3.82. The fraction of sp³-hybridized carbons (Fsp3) is 0.100. The van der Waals surface area contributed by atoms with Gasteiger partial charge in [0.05, 0.1) is 18.5 Å². The van der Waals surface area contributed by atoms with E-state index in [-0.39, 0.29) is 6.61 Å². The van der Waals surface area contributed by atoms with Gasteiger partial charge in [0.1, 0.15) is 0 Å². The van der Waals surface area contributed by atoms with Gasteiger partial charge >= 0.3 is 0 Å². The van der Waals surface area contributed by atoms with Gasteiger partial charge in [-0.25, -0.2) is 0 Å². The molecule has 0 bridgehead atoms. The lowest BCUT2D eigenvalue weighted by Crippen LogP contribution is -1.86. The average molecular weight is 209 g/mol. The van der Waals surface area contributed by atoms with Crippen LogP contribution < -0.4 is 0 Å². The van der Waals surface area contributed by atoms with Crippen LogP contribution in [-0.4, -0.2) is 15.3 Å². The Labute approximate surface area is 86.3 Å². The topological polar surface area (TPSA) is 48.9 Å². The predicted octanol–water partition coefficient (Wildman–Crippen LogP) is 2.22. The molecule has 0 atom stereocenters. The molecule has 1 aromatic carbocycles.